The molecule has 6 heterocycles. The van der Waals surface area contributed by atoms with Gasteiger partial charge in [0.2, 0.25) is 11.8 Å². The van der Waals surface area contributed by atoms with Crippen molar-refractivity contribution >= 4 is 70.9 Å². The SMILES string of the molecule is CC(C)(C)n1nccc1Nc1cccc(CC2(c3n[nH]c(=S)o3)CCC(Oc3cccc(Cl)c3F)CC2)n1.Fc1c(Cl)cccc1OC1CCC(Cc2cccc(Nc3ccn[nH]3)n2)(c2n[nH]c(=S)o2)CC1. The molecular weight excluding hydrogens is 1010 g/mol. The lowest BCUT2D eigenvalue weighted by atomic mass is 9.70. The molecule has 2 aliphatic carbocycles. The van der Waals surface area contributed by atoms with E-state index in [0.717, 1.165) is 28.8 Å². The first kappa shape index (κ1) is 50.5. The molecule has 0 bridgehead atoms. The van der Waals surface area contributed by atoms with Crippen LogP contribution in [0.4, 0.5) is 32.1 Å². The maximum absolute atomic E-state index is 14.4. The van der Waals surface area contributed by atoms with E-state index in [9.17, 15) is 8.78 Å². The number of aromatic amines is 3. The highest BCUT2D eigenvalue weighted by Crippen LogP contribution is 2.44. The van der Waals surface area contributed by atoms with E-state index in [-0.39, 0.29) is 49.0 Å². The summed E-state index contributed by atoms with van der Waals surface area (Å²) in [6, 6.07) is 25.1. The Labute approximate surface area is 433 Å². The first-order valence-corrected chi connectivity index (χ1v) is 25.0. The Morgan fingerprint density at radius 2 is 1.15 bits per heavy atom. The monoisotopic (exact) mass is 1060 g/mol. The zero-order valence-electron chi connectivity index (χ0n) is 39.6. The van der Waals surface area contributed by atoms with Gasteiger partial charge in [-0.15, -0.1) is 10.2 Å². The van der Waals surface area contributed by atoms with Crippen molar-refractivity contribution < 1.29 is 27.1 Å². The molecule has 16 nitrogen and oxygen atoms in total. The lowest BCUT2D eigenvalue weighted by Gasteiger charge is -2.37. The summed E-state index contributed by atoms with van der Waals surface area (Å²) >= 11 is 22.2. The molecule has 0 atom stereocenters. The van der Waals surface area contributed by atoms with E-state index in [2.05, 4.69) is 67.1 Å². The molecule has 2 fully saturated rings. The number of nitrogens with zero attached hydrogens (tertiary/aromatic N) is 7. The second-order valence-electron chi connectivity index (χ2n) is 19.0. The number of halogens is 4. The minimum atomic E-state index is -0.537. The Morgan fingerprint density at radius 1 is 0.667 bits per heavy atom. The smallest absolute Gasteiger partial charge is 0.284 e. The number of ether oxygens (including phenoxy) is 2. The van der Waals surface area contributed by atoms with Crippen LogP contribution in [-0.2, 0) is 29.2 Å². The third-order valence-electron chi connectivity index (χ3n) is 12.9. The van der Waals surface area contributed by atoms with Crippen LogP contribution in [0.1, 0.15) is 95.3 Å². The maximum atomic E-state index is 14.4. The minimum Gasteiger partial charge on any atom is -0.487 e. The summed E-state index contributed by atoms with van der Waals surface area (Å²) in [7, 11) is 0. The molecule has 0 aliphatic heterocycles. The molecule has 0 unspecified atom stereocenters. The van der Waals surface area contributed by atoms with Crippen molar-refractivity contribution in [3.05, 3.63) is 152 Å². The molecule has 22 heteroatoms. The van der Waals surface area contributed by atoms with Crippen LogP contribution < -0.4 is 20.1 Å². The lowest BCUT2D eigenvalue weighted by molar-refractivity contribution is 0.0992. The Balaban J connectivity index is 0.000000179. The standard InChI is InChI=1S/C27H30ClFN6O2S.C23H22ClFN6O2S/c1-26(2,3)35-22(12-15-30-35)32-21-9-4-6-17(31-21)16-27(24-33-34-25(38)37-24)13-10-18(11-14-27)36-20-8-5-7-19(28)23(20)29;24-16-4-2-5-17(20(16)25)32-15-7-10-23(11-8-15,21-30-31-22(34)33-21)13-14-3-1-6-18(27-14)28-19-9-12-26-29-19/h4-9,12,15,18H,10-11,13-14,16H2,1-3H3,(H,31,32)(H,34,38);1-6,9,12,15H,7-8,10-11,13H2,(H,31,34)(H2,26,27,28,29). The fourth-order valence-corrected chi connectivity index (χ4v) is 9.98. The fourth-order valence-electron chi connectivity index (χ4n) is 9.39. The van der Waals surface area contributed by atoms with Gasteiger partial charge in [-0.25, -0.2) is 33.6 Å². The van der Waals surface area contributed by atoms with Crippen LogP contribution in [0.2, 0.25) is 10.0 Å². The molecule has 5 N–H and O–H groups in total. The van der Waals surface area contributed by atoms with Crippen LogP contribution in [0.5, 0.6) is 11.5 Å². The zero-order chi connectivity index (χ0) is 50.5. The number of pyridine rings is 2. The second kappa shape index (κ2) is 21.7. The Bertz CT molecular complexity index is 3210. The van der Waals surface area contributed by atoms with Gasteiger partial charge in [0.15, 0.2) is 23.1 Å². The second-order valence-corrected chi connectivity index (χ2v) is 20.6. The zero-order valence-corrected chi connectivity index (χ0v) is 42.7. The molecule has 2 aromatic carbocycles. The Kier molecular flexibility index (Phi) is 15.2. The normalized spacial score (nSPS) is 20.0. The largest absolute Gasteiger partial charge is 0.487 e. The van der Waals surface area contributed by atoms with Crippen molar-refractivity contribution in [3.8, 4) is 11.5 Å². The van der Waals surface area contributed by atoms with Crippen LogP contribution in [-0.4, -0.2) is 62.5 Å². The van der Waals surface area contributed by atoms with Crippen LogP contribution in [0.25, 0.3) is 0 Å². The van der Waals surface area contributed by atoms with E-state index in [1.54, 1.807) is 36.7 Å². The number of H-pyrrole nitrogens is 3. The van der Waals surface area contributed by atoms with Gasteiger partial charge in [-0.3, -0.25) is 5.10 Å². The minimum absolute atomic E-state index is 0.0469. The maximum Gasteiger partial charge on any atom is 0.284 e. The van der Waals surface area contributed by atoms with Crippen molar-refractivity contribution in [1.82, 2.24) is 50.3 Å². The molecule has 8 aromatic rings. The third kappa shape index (κ3) is 11.9. The van der Waals surface area contributed by atoms with E-state index in [1.807, 2.05) is 53.2 Å². The first-order valence-electron chi connectivity index (χ1n) is 23.5. The van der Waals surface area contributed by atoms with Crippen LogP contribution in [0.3, 0.4) is 0 Å². The molecule has 0 saturated heterocycles. The molecule has 0 radical (unpaired) electrons. The molecule has 72 heavy (non-hydrogen) atoms. The highest BCUT2D eigenvalue weighted by Gasteiger charge is 2.44. The molecular formula is C50H52Cl2F2N12O4S2. The Hall–Kier alpha value is -6.48. The summed E-state index contributed by atoms with van der Waals surface area (Å²) in [4.78, 5) is 10.1. The summed E-state index contributed by atoms with van der Waals surface area (Å²) in [6.45, 7) is 6.29. The third-order valence-corrected chi connectivity index (χ3v) is 13.9. The van der Waals surface area contributed by atoms with E-state index in [1.165, 1.54) is 12.1 Å². The molecule has 2 saturated carbocycles. The molecule has 10 rings (SSSR count). The fraction of sp³-hybridized carbons (Fsp3) is 0.360. The number of rotatable bonds is 14. The van der Waals surface area contributed by atoms with Crippen molar-refractivity contribution in [3.63, 3.8) is 0 Å². The number of nitrogens with one attached hydrogen (secondary N) is 5. The van der Waals surface area contributed by atoms with E-state index >= 15 is 0 Å². The molecule has 0 amide bonds. The molecule has 2 aliphatic rings. The first-order chi connectivity index (χ1) is 34.6. The number of hydrogen-bond acceptors (Lipinski definition) is 14. The average molecular weight is 1060 g/mol. The summed E-state index contributed by atoms with van der Waals surface area (Å²) in [6.07, 6.45) is 9.92. The van der Waals surface area contributed by atoms with Crippen molar-refractivity contribution in [2.24, 2.45) is 0 Å². The van der Waals surface area contributed by atoms with Crippen LogP contribution in [0, 0.1) is 21.3 Å². The van der Waals surface area contributed by atoms with E-state index in [0.29, 0.717) is 81.8 Å². The highest BCUT2D eigenvalue weighted by atomic mass is 35.5. The average Bonchev–Trinajstić information content (AvgIpc) is 4.22. The molecule has 6 aromatic heterocycles. The topological polar surface area (TPSA) is 198 Å². The van der Waals surface area contributed by atoms with Gasteiger partial charge in [0.05, 0.1) is 51.0 Å². The van der Waals surface area contributed by atoms with Gasteiger partial charge in [0.1, 0.15) is 23.3 Å². The number of anilines is 4. The summed E-state index contributed by atoms with van der Waals surface area (Å²) in [5.74, 6) is 3.41. The molecule has 0 spiro atoms. The van der Waals surface area contributed by atoms with Gasteiger partial charge >= 0.3 is 0 Å². The summed E-state index contributed by atoms with van der Waals surface area (Å²) < 4.78 is 54.2. The predicted molar refractivity (Wildman–Crippen MR) is 274 cm³/mol. The lowest BCUT2D eigenvalue weighted by Crippen LogP contribution is -2.38. The van der Waals surface area contributed by atoms with E-state index < -0.39 is 22.5 Å². The summed E-state index contributed by atoms with van der Waals surface area (Å²) in [5.41, 5.74) is 0.750. The number of benzene rings is 2. The van der Waals surface area contributed by atoms with Gasteiger partial charge in [-0.2, -0.15) is 10.2 Å². The van der Waals surface area contributed by atoms with Gasteiger partial charge in [0, 0.05) is 36.4 Å². The number of aromatic nitrogens is 10. The molecule has 376 valence electrons. The van der Waals surface area contributed by atoms with Crippen molar-refractivity contribution in [1.29, 1.82) is 0 Å². The van der Waals surface area contributed by atoms with Crippen LogP contribution in [0.15, 0.2) is 106 Å². The van der Waals surface area contributed by atoms with Gasteiger partial charge in [0.25, 0.3) is 9.67 Å². The Morgan fingerprint density at radius 3 is 1.60 bits per heavy atom. The highest BCUT2D eigenvalue weighted by molar-refractivity contribution is 7.71. The van der Waals surface area contributed by atoms with Crippen molar-refractivity contribution in [2.45, 2.75) is 114 Å². The number of hydrogen-bond donors (Lipinski definition) is 5. The predicted octanol–water partition coefficient (Wildman–Crippen LogP) is 13.0. The van der Waals surface area contributed by atoms with Crippen molar-refractivity contribution in [2.75, 3.05) is 10.6 Å². The van der Waals surface area contributed by atoms with Gasteiger partial charge in [-0.05, 0) is 145 Å². The van der Waals surface area contributed by atoms with Gasteiger partial charge in [-0.1, -0.05) is 47.5 Å². The summed E-state index contributed by atoms with van der Waals surface area (Å²) in [5, 5.41) is 32.2. The quantitative estimate of drug-likeness (QED) is 0.0645. The van der Waals surface area contributed by atoms with Crippen LogP contribution >= 0.6 is 47.6 Å². The van der Waals surface area contributed by atoms with Gasteiger partial charge < -0.3 is 28.9 Å². The van der Waals surface area contributed by atoms with E-state index in [4.69, 9.17) is 75.9 Å².